The molecule has 5 nitrogen and oxygen atoms in total. The Morgan fingerprint density at radius 1 is 1.41 bits per heavy atom. The lowest BCUT2D eigenvalue weighted by atomic mass is 10.1. The number of carbonyl (C=O) groups is 2. The van der Waals surface area contributed by atoms with Crippen LogP contribution in [0, 0.1) is 5.82 Å². The zero-order valence-electron chi connectivity index (χ0n) is 9.42. The van der Waals surface area contributed by atoms with Gasteiger partial charge in [0.2, 0.25) is 11.8 Å². The lowest BCUT2D eigenvalue weighted by Crippen LogP contribution is -2.31. The van der Waals surface area contributed by atoms with Crippen molar-refractivity contribution in [2.24, 2.45) is 5.73 Å². The molecule has 4 N–H and O–H groups in total. The number of hydrogen-bond acceptors (Lipinski definition) is 3. The summed E-state index contributed by atoms with van der Waals surface area (Å²) in [5.74, 6) is -1.26. The lowest BCUT2D eigenvalue weighted by molar-refractivity contribution is -0.119. The molecule has 6 heteroatoms. The molecule has 0 heterocycles. The number of nitrogens with two attached hydrogens (primary N) is 1. The number of nitrogens with one attached hydrogen (secondary N) is 2. The molecule has 92 valence electrons. The highest BCUT2D eigenvalue weighted by Crippen LogP contribution is 2.10. The van der Waals surface area contributed by atoms with Gasteiger partial charge in [-0.25, -0.2) is 4.39 Å². The van der Waals surface area contributed by atoms with Gasteiger partial charge in [0.05, 0.1) is 6.54 Å². The summed E-state index contributed by atoms with van der Waals surface area (Å²) in [4.78, 5) is 21.8. The van der Waals surface area contributed by atoms with Crippen molar-refractivity contribution in [1.29, 1.82) is 0 Å². The molecule has 0 radical (unpaired) electrons. The number of halogens is 1. The summed E-state index contributed by atoms with van der Waals surface area (Å²) in [6.07, 6.45) is 0. The first-order valence-corrected chi connectivity index (χ1v) is 5.04. The first-order chi connectivity index (χ1) is 8.04. The van der Waals surface area contributed by atoms with Gasteiger partial charge in [-0.1, -0.05) is 0 Å². The van der Waals surface area contributed by atoms with E-state index in [-0.39, 0.29) is 24.6 Å². The summed E-state index contributed by atoms with van der Waals surface area (Å²) in [6, 6.07) is 3.87. The average molecular weight is 239 g/mol. The molecule has 0 unspecified atom stereocenters. The monoisotopic (exact) mass is 239 g/mol. The fourth-order valence-corrected chi connectivity index (χ4v) is 1.26. The number of likely N-dealkylation sites (N-methyl/N-ethyl adjacent to an activating group) is 1. The van der Waals surface area contributed by atoms with E-state index < -0.39 is 11.7 Å². The van der Waals surface area contributed by atoms with E-state index in [1.807, 2.05) is 0 Å². The van der Waals surface area contributed by atoms with Gasteiger partial charge in [0.1, 0.15) is 5.82 Å². The smallest absolute Gasteiger partial charge is 0.248 e. The van der Waals surface area contributed by atoms with Crippen LogP contribution in [0.3, 0.4) is 0 Å². The summed E-state index contributed by atoms with van der Waals surface area (Å²) in [7, 11) is 1.51. The van der Waals surface area contributed by atoms with E-state index in [0.29, 0.717) is 5.56 Å². The van der Waals surface area contributed by atoms with Gasteiger partial charge in [0.15, 0.2) is 0 Å². The largest absolute Gasteiger partial charge is 0.366 e. The molecule has 0 saturated heterocycles. The van der Waals surface area contributed by atoms with E-state index in [0.717, 1.165) is 0 Å². The van der Waals surface area contributed by atoms with Crippen LogP contribution in [0.25, 0.3) is 0 Å². The van der Waals surface area contributed by atoms with E-state index in [4.69, 9.17) is 5.73 Å². The fraction of sp³-hybridized carbons (Fsp3) is 0.273. The highest BCUT2D eigenvalue weighted by Gasteiger charge is 2.07. The maximum absolute atomic E-state index is 13.3. The Morgan fingerprint density at radius 3 is 2.71 bits per heavy atom. The molecule has 0 atom stereocenters. The summed E-state index contributed by atoms with van der Waals surface area (Å²) in [5.41, 5.74) is 5.62. The summed E-state index contributed by atoms with van der Waals surface area (Å²) < 4.78 is 13.3. The molecule has 2 amide bonds. The zero-order valence-corrected chi connectivity index (χ0v) is 9.42. The maximum Gasteiger partial charge on any atom is 0.248 e. The first-order valence-electron chi connectivity index (χ1n) is 5.04. The Hall–Kier alpha value is -1.95. The first kappa shape index (κ1) is 13.1. The van der Waals surface area contributed by atoms with Gasteiger partial charge in [0.25, 0.3) is 0 Å². The topological polar surface area (TPSA) is 84.2 Å². The normalized spacial score (nSPS) is 10.0. The molecule has 0 aliphatic carbocycles. The van der Waals surface area contributed by atoms with Crippen LogP contribution in [0.15, 0.2) is 18.2 Å². The Morgan fingerprint density at radius 2 is 2.12 bits per heavy atom. The van der Waals surface area contributed by atoms with Gasteiger partial charge in [-0.3, -0.25) is 9.59 Å². The van der Waals surface area contributed by atoms with Crippen LogP contribution in [0.2, 0.25) is 0 Å². The van der Waals surface area contributed by atoms with E-state index in [9.17, 15) is 14.0 Å². The molecule has 0 fully saturated rings. The van der Waals surface area contributed by atoms with Gasteiger partial charge in [-0.15, -0.1) is 0 Å². The van der Waals surface area contributed by atoms with Gasteiger partial charge < -0.3 is 16.4 Å². The van der Waals surface area contributed by atoms with Crippen molar-refractivity contribution in [3.63, 3.8) is 0 Å². The number of primary amides is 1. The van der Waals surface area contributed by atoms with Crippen molar-refractivity contribution >= 4 is 11.8 Å². The van der Waals surface area contributed by atoms with Crippen LogP contribution < -0.4 is 16.4 Å². The number of amides is 2. The number of carbonyl (C=O) groups excluding carboxylic acids is 2. The Kier molecular flexibility index (Phi) is 4.59. The highest BCUT2D eigenvalue weighted by atomic mass is 19.1. The molecule has 0 spiro atoms. The van der Waals surface area contributed by atoms with E-state index >= 15 is 0 Å². The fourth-order valence-electron chi connectivity index (χ4n) is 1.26. The van der Waals surface area contributed by atoms with Crippen LogP contribution in [0.4, 0.5) is 4.39 Å². The molecule has 1 rings (SSSR count). The molecule has 1 aromatic carbocycles. The summed E-state index contributed by atoms with van der Waals surface area (Å²) in [5, 5.41) is 5.18. The third kappa shape index (κ3) is 3.84. The number of rotatable bonds is 5. The Balaban J connectivity index is 2.66. The molecule has 0 saturated carbocycles. The Labute approximate surface area is 98.2 Å². The van der Waals surface area contributed by atoms with Gasteiger partial charge in [0, 0.05) is 24.7 Å². The lowest BCUT2D eigenvalue weighted by Gasteiger charge is -2.06. The van der Waals surface area contributed by atoms with Gasteiger partial charge >= 0.3 is 0 Å². The molecular formula is C11H14FN3O2. The predicted octanol–water partition coefficient (Wildman–Crippen LogP) is -0.240. The summed E-state index contributed by atoms with van der Waals surface area (Å²) in [6.45, 7) is 0.233. The van der Waals surface area contributed by atoms with E-state index in [1.165, 1.54) is 25.2 Å². The minimum Gasteiger partial charge on any atom is -0.366 e. The van der Waals surface area contributed by atoms with E-state index in [2.05, 4.69) is 10.6 Å². The van der Waals surface area contributed by atoms with Crippen molar-refractivity contribution in [2.75, 3.05) is 13.6 Å². The van der Waals surface area contributed by atoms with Crippen LogP contribution in [0.1, 0.15) is 15.9 Å². The Bertz CT molecular complexity index is 435. The van der Waals surface area contributed by atoms with E-state index in [1.54, 1.807) is 0 Å². The van der Waals surface area contributed by atoms with Crippen molar-refractivity contribution in [3.05, 3.63) is 35.1 Å². The second-order valence-corrected chi connectivity index (χ2v) is 3.45. The zero-order chi connectivity index (χ0) is 12.8. The second kappa shape index (κ2) is 5.95. The number of hydrogen-bond donors (Lipinski definition) is 3. The molecule has 0 aromatic heterocycles. The third-order valence-electron chi connectivity index (χ3n) is 2.21. The molecule has 0 bridgehead atoms. The highest BCUT2D eigenvalue weighted by molar-refractivity contribution is 5.92. The van der Waals surface area contributed by atoms with Gasteiger partial charge in [-0.05, 0) is 18.2 Å². The minimum atomic E-state index is -0.613. The SMILES string of the molecule is CNC(=O)CNCc1cc(C(N)=O)ccc1F. The third-order valence-corrected chi connectivity index (χ3v) is 2.21. The second-order valence-electron chi connectivity index (χ2n) is 3.45. The van der Waals surface area contributed by atoms with Crippen molar-refractivity contribution < 1.29 is 14.0 Å². The predicted molar refractivity (Wildman–Crippen MR) is 60.7 cm³/mol. The van der Waals surface area contributed by atoms with Crippen molar-refractivity contribution in [3.8, 4) is 0 Å². The standard InChI is InChI=1S/C11H14FN3O2/c1-14-10(16)6-15-5-8-4-7(11(13)17)2-3-9(8)12/h2-4,15H,5-6H2,1H3,(H2,13,17)(H,14,16). The quantitative estimate of drug-likeness (QED) is 0.663. The molecule has 0 aliphatic rings. The van der Waals surface area contributed by atoms with Crippen LogP contribution in [-0.4, -0.2) is 25.4 Å². The molecular weight excluding hydrogens is 225 g/mol. The molecule has 1 aromatic rings. The molecule has 0 aliphatic heterocycles. The van der Waals surface area contributed by atoms with Crippen LogP contribution in [0.5, 0.6) is 0 Å². The number of benzene rings is 1. The van der Waals surface area contributed by atoms with Gasteiger partial charge in [-0.2, -0.15) is 0 Å². The molecule has 17 heavy (non-hydrogen) atoms. The van der Waals surface area contributed by atoms with Crippen molar-refractivity contribution in [1.82, 2.24) is 10.6 Å². The average Bonchev–Trinajstić information content (AvgIpc) is 2.30. The van der Waals surface area contributed by atoms with Crippen LogP contribution >= 0.6 is 0 Å². The maximum atomic E-state index is 13.3. The summed E-state index contributed by atoms with van der Waals surface area (Å²) >= 11 is 0. The van der Waals surface area contributed by atoms with Crippen molar-refractivity contribution in [2.45, 2.75) is 6.54 Å². The van der Waals surface area contributed by atoms with Crippen LogP contribution in [-0.2, 0) is 11.3 Å². The minimum absolute atomic E-state index is 0.0801.